The van der Waals surface area contributed by atoms with E-state index in [1.165, 1.54) is 14.7 Å². The van der Waals surface area contributed by atoms with Crippen LogP contribution in [0.1, 0.15) is 11.1 Å². The lowest BCUT2D eigenvalue weighted by Gasteiger charge is -2.03. The summed E-state index contributed by atoms with van der Waals surface area (Å²) in [6.45, 7) is 4.13. The molecule has 0 aromatic heterocycles. The van der Waals surface area contributed by atoms with Gasteiger partial charge in [-0.25, -0.2) is 0 Å². The highest BCUT2D eigenvalue weighted by Gasteiger charge is 1.98. The van der Waals surface area contributed by atoms with Crippen molar-refractivity contribution >= 4 is 28.3 Å². The van der Waals surface area contributed by atoms with E-state index >= 15 is 0 Å². The van der Waals surface area contributed by atoms with Crippen LogP contribution in [0.25, 0.3) is 0 Å². The number of halogens is 1. The highest BCUT2D eigenvalue weighted by Crippen LogP contribution is 2.20. The summed E-state index contributed by atoms with van der Waals surface area (Å²) in [6, 6.07) is 4.13. The molecule has 0 saturated heterocycles. The topological polar surface area (TPSA) is 26.0 Å². The van der Waals surface area contributed by atoms with Crippen LogP contribution in [0.15, 0.2) is 12.1 Å². The van der Waals surface area contributed by atoms with Gasteiger partial charge in [0.05, 0.1) is 0 Å². The molecule has 0 radical (unpaired) electrons. The lowest BCUT2D eigenvalue weighted by molar-refractivity contribution is 1.36. The van der Waals surface area contributed by atoms with Gasteiger partial charge in [-0.05, 0) is 53.6 Å². The third-order valence-corrected chi connectivity index (χ3v) is 2.90. The van der Waals surface area contributed by atoms with E-state index in [1.54, 1.807) is 0 Å². The van der Waals surface area contributed by atoms with Crippen LogP contribution >= 0.6 is 22.6 Å². The summed E-state index contributed by atoms with van der Waals surface area (Å²) in [5.74, 6) is 0. The Morgan fingerprint density at radius 1 is 1.30 bits per heavy atom. The third-order valence-electron chi connectivity index (χ3n) is 1.43. The van der Waals surface area contributed by atoms with Crippen LogP contribution in [0.5, 0.6) is 0 Å². The van der Waals surface area contributed by atoms with Gasteiger partial charge in [-0.2, -0.15) is 0 Å². The number of aryl methyl sites for hydroxylation is 2. The standard InChI is InChI=1S/C8H10IN/c1-5-3-6(2)8(9)7(10)4-5/h3-4H,10H2,1-2H3. The van der Waals surface area contributed by atoms with Crippen LogP contribution in [0.2, 0.25) is 0 Å². The van der Waals surface area contributed by atoms with Gasteiger partial charge in [0.25, 0.3) is 0 Å². The van der Waals surface area contributed by atoms with Crippen LogP contribution < -0.4 is 5.73 Å². The molecule has 0 atom stereocenters. The minimum Gasteiger partial charge on any atom is -0.398 e. The van der Waals surface area contributed by atoms with Gasteiger partial charge in [0.15, 0.2) is 0 Å². The normalized spacial score (nSPS) is 9.90. The smallest absolute Gasteiger partial charge is 0.0455 e. The molecule has 0 bridgehead atoms. The van der Waals surface area contributed by atoms with Gasteiger partial charge in [0.1, 0.15) is 0 Å². The minimum atomic E-state index is 0.887. The van der Waals surface area contributed by atoms with Gasteiger partial charge in [-0.15, -0.1) is 0 Å². The molecular formula is C8H10IN. The first-order chi connectivity index (χ1) is 4.61. The SMILES string of the molecule is Cc1cc(C)c(I)c(N)c1. The molecule has 0 aliphatic carbocycles. The molecule has 0 amide bonds. The Hall–Kier alpha value is -0.250. The van der Waals surface area contributed by atoms with Crippen molar-refractivity contribution in [3.05, 3.63) is 26.8 Å². The Morgan fingerprint density at radius 2 is 1.90 bits per heavy atom. The molecule has 1 aromatic carbocycles. The first-order valence-electron chi connectivity index (χ1n) is 3.13. The zero-order valence-corrected chi connectivity index (χ0v) is 8.27. The number of nitrogens with two attached hydrogens (primary N) is 1. The molecule has 0 spiro atoms. The van der Waals surface area contributed by atoms with Crippen LogP contribution in [0.3, 0.4) is 0 Å². The highest BCUT2D eigenvalue weighted by molar-refractivity contribution is 14.1. The fourth-order valence-electron chi connectivity index (χ4n) is 0.983. The summed E-state index contributed by atoms with van der Waals surface area (Å²) < 4.78 is 1.17. The molecule has 2 heteroatoms. The predicted octanol–water partition coefficient (Wildman–Crippen LogP) is 2.49. The largest absolute Gasteiger partial charge is 0.398 e. The van der Waals surface area contributed by atoms with E-state index in [1.807, 2.05) is 6.07 Å². The molecule has 1 aromatic rings. The molecule has 0 fully saturated rings. The monoisotopic (exact) mass is 247 g/mol. The molecule has 0 heterocycles. The lowest BCUT2D eigenvalue weighted by atomic mass is 10.1. The molecule has 2 N–H and O–H groups in total. The first kappa shape index (κ1) is 7.85. The number of benzene rings is 1. The van der Waals surface area contributed by atoms with Crippen molar-refractivity contribution in [1.29, 1.82) is 0 Å². The van der Waals surface area contributed by atoms with E-state index in [2.05, 4.69) is 42.5 Å². The van der Waals surface area contributed by atoms with E-state index in [4.69, 9.17) is 5.73 Å². The van der Waals surface area contributed by atoms with Crippen molar-refractivity contribution in [3.63, 3.8) is 0 Å². The first-order valence-corrected chi connectivity index (χ1v) is 4.21. The van der Waals surface area contributed by atoms with Crippen LogP contribution in [-0.4, -0.2) is 0 Å². The Kier molecular flexibility index (Phi) is 2.18. The Morgan fingerprint density at radius 3 is 2.40 bits per heavy atom. The Labute approximate surface area is 74.8 Å². The molecular weight excluding hydrogens is 237 g/mol. The van der Waals surface area contributed by atoms with Gasteiger partial charge < -0.3 is 5.73 Å². The van der Waals surface area contributed by atoms with Gasteiger partial charge in [-0.3, -0.25) is 0 Å². The zero-order chi connectivity index (χ0) is 7.72. The van der Waals surface area contributed by atoms with Gasteiger partial charge in [-0.1, -0.05) is 6.07 Å². The van der Waals surface area contributed by atoms with E-state index < -0.39 is 0 Å². The number of hydrogen-bond acceptors (Lipinski definition) is 1. The van der Waals surface area contributed by atoms with E-state index in [0.29, 0.717) is 0 Å². The molecule has 1 rings (SSSR count). The van der Waals surface area contributed by atoms with Gasteiger partial charge in [0.2, 0.25) is 0 Å². The van der Waals surface area contributed by atoms with Crippen molar-refractivity contribution in [2.75, 3.05) is 5.73 Å². The summed E-state index contributed by atoms with van der Waals surface area (Å²) in [6.07, 6.45) is 0. The highest BCUT2D eigenvalue weighted by atomic mass is 127. The number of rotatable bonds is 0. The average molecular weight is 247 g/mol. The fraction of sp³-hybridized carbons (Fsp3) is 0.250. The van der Waals surface area contributed by atoms with Crippen molar-refractivity contribution in [2.24, 2.45) is 0 Å². The number of anilines is 1. The van der Waals surface area contributed by atoms with Crippen LogP contribution in [0.4, 0.5) is 5.69 Å². The van der Waals surface area contributed by atoms with Crippen LogP contribution in [0, 0.1) is 17.4 Å². The van der Waals surface area contributed by atoms with Crippen molar-refractivity contribution in [3.8, 4) is 0 Å². The summed E-state index contributed by atoms with van der Waals surface area (Å²) >= 11 is 2.26. The van der Waals surface area contributed by atoms with Gasteiger partial charge in [0, 0.05) is 9.26 Å². The molecule has 0 saturated carbocycles. The summed E-state index contributed by atoms with van der Waals surface area (Å²) in [5, 5.41) is 0. The average Bonchev–Trinajstić information content (AvgIpc) is 1.82. The Balaban J connectivity index is 3.31. The summed E-state index contributed by atoms with van der Waals surface area (Å²) in [4.78, 5) is 0. The number of nitrogen functional groups attached to an aromatic ring is 1. The van der Waals surface area contributed by atoms with Crippen molar-refractivity contribution in [1.82, 2.24) is 0 Å². The second-order valence-electron chi connectivity index (χ2n) is 2.49. The van der Waals surface area contributed by atoms with Crippen molar-refractivity contribution < 1.29 is 0 Å². The molecule has 1 nitrogen and oxygen atoms in total. The Bertz CT molecular complexity index is 232. The fourth-order valence-corrected chi connectivity index (χ4v) is 1.29. The maximum Gasteiger partial charge on any atom is 0.0455 e. The summed E-state index contributed by atoms with van der Waals surface area (Å²) in [5.41, 5.74) is 9.10. The molecule has 0 unspecified atom stereocenters. The maximum absolute atomic E-state index is 5.71. The second-order valence-corrected chi connectivity index (χ2v) is 3.56. The van der Waals surface area contributed by atoms with E-state index in [-0.39, 0.29) is 0 Å². The molecule has 0 aliphatic heterocycles. The van der Waals surface area contributed by atoms with E-state index in [9.17, 15) is 0 Å². The maximum atomic E-state index is 5.71. The second kappa shape index (κ2) is 2.78. The van der Waals surface area contributed by atoms with Crippen LogP contribution in [-0.2, 0) is 0 Å². The quantitative estimate of drug-likeness (QED) is 0.553. The summed E-state index contributed by atoms with van der Waals surface area (Å²) in [7, 11) is 0. The number of hydrogen-bond donors (Lipinski definition) is 1. The lowest BCUT2D eigenvalue weighted by Crippen LogP contribution is -1.92. The zero-order valence-electron chi connectivity index (χ0n) is 6.11. The molecule has 54 valence electrons. The minimum absolute atomic E-state index is 0.887. The molecule has 10 heavy (non-hydrogen) atoms. The van der Waals surface area contributed by atoms with E-state index in [0.717, 1.165) is 5.69 Å². The van der Waals surface area contributed by atoms with Gasteiger partial charge >= 0.3 is 0 Å². The van der Waals surface area contributed by atoms with Crippen molar-refractivity contribution in [2.45, 2.75) is 13.8 Å². The molecule has 0 aliphatic rings. The third kappa shape index (κ3) is 1.42. The predicted molar refractivity (Wildman–Crippen MR) is 53.0 cm³/mol.